The first-order valence-electron chi connectivity index (χ1n) is 4.90. The first kappa shape index (κ1) is 15.3. The molecular weight excluding hydrogens is 233 g/mol. The van der Waals surface area contributed by atoms with E-state index in [1.165, 1.54) is 0 Å². The molecule has 0 aromatic carbocycles. The smallest absolute Gasteiger partial charge is 0.346 e. The molecule has 16 heavy (non-hydrogen) atoms. The van der Waals surface area contributed by atoms with Gasteiger partial charge in [0.15, 0.2) is 0 Å². The maximum absolute atomic E-state index is 11.0. The first-order valence-corrected chi connectivity index (χ1v) is 6.58. The predicted octanol–water partition coefficient (Wildman–Crippen LogP) is 0.765. The van der Waals surface area contributed by atoms with E-state index in [9.17, 15) is 9.36 Å². The van der Waals surface area contributed by atoms with Gasteiger partial charge in [0.05, 0.1) is 0 Å². The van der Waals surface area contributed by atoms with Crippen LogP contribution in [0.5, 0.6) is 0 Å². The predicted molar refractivity (Wildman–Crippen MR) is 60.0 cm³/mol. The molecule has 0 saturated carbocycles. The molecule has 0 radical (unpaired) electrons. The van der Waals surface area contributed by atoms with Crippen LogP contribution in [-0.4, -0.2) is 32.7 Å². The van der Waals surface area contributed by atoms with Gasteiger partial charge in [0, 0.05) is 0 Å². The minimum atomic E-state index is -4.41. The standard InChI is InChI=1S/C9H18NO5P/c1-4-6(3)8(9(11)12)10-7(5-2)16(13,14)15/h5-8,10H,2,4H2,1,3H3,(H,11,12)(H2,13,14,15). The zero-order valence-electron chi connectivity index (χ0n) is 9.33. The van der Waals surface area contributed by atoms with Gasteiger partial charge in [-0.2, -0.15) is 0 Å². The van der Waals surface area contributed by atoms with Crippen molar-refractivity contribution in [3.63, 3.8) is 0 Å². The van der Waals surface area contributed by atoms with Crippen molar-refractivity contribution in [1.82, 2.24) is 5.32 Å². The molecule has 4 N–H and O–H groups in total. The van der Waals surface area contributed by atoms with E-state index >= 15 is 0 Å². The van der Waals surface area contributed by atoms with Gasteiger partial charge in [-0.1, -0.05) is 26.3 Å². The second kappa shape index (κ2) is 6.15. The Labute approximate surface area is 94.5 Å². The number of carboxylic acid groups (broad SMARTS) is 1. The largest absolute Gasteiger partial charge is 0.480 e. The highest BCUT2D eigenvalue weighted by Crippen LogP contribution is 2.40. The molecule has 0 aromatic heterocycles. The topological polar surface area (TPSA) is 107 Å². The molecule has 6 nitrogen and oxygen atoms in total. The van der Waals surface area contributed by atoms with Crippen LogP contribution in [0.25, 0.3) is 0 Å². The SMILES string of the molecule is C=CC(NC(C(=O)O)C(C)CC)P(=O)(O)O. The summed E-state index contributed by atoms with van der Waals surface area (Å²) in [6, 6.07) is -0.999. The van der Waals surface area contributed by atoms with Crippen LogP contribution in [0.4, 0.5) is 0 Å². The quantitative estimate of drug-likeness (QED) is 0.393. The Balaban J connectivity index is 4.80. The number of nitrogens with one attached hydrogen (secondary N) is 1. The lowest BCUT2D eigenvalue weighted by Gasteiger charge is -2.25. The molecule has 0 aliphatic carbocycles. The van der Waals surface area contributed by atoms with Crippen molar-refractivity contribution >= 4 is 13.6 Å². The zero-order chi connectivity index (χ0) is 12.9. The molecule has 0 rings (SSSR count). The van der Waals surface area contributed by atoms with E-state index in [0.29, 0.717) is 6.42 Å². The Morgan fingerprint density at radius 2 is 2.06 bits per heavy atom. The normalized spacial score (nSPS) is 17.5. The number of carbonyl (C=O) groups is 1. The molecule has 0 fully saturated rings. The Morgan fingerprint density at radius 1 is 1.56 bits per heavy atom. The highest BCUT2D eigenvalue weighted by atomic mass is 31.2. The minimum Gasteiger partial charge on any atom is -0.480 e. The number of hydrogen-bond donors (Lipinski definition) is 4. The maximum Gasteiger partial charge on any atom is 0.346 e. The van der Waals surface area contributed by atoms with Crippen LogP contribution in [0, 0.1) is 5.92 Å². The molecule has 0 spiro atoms. The lowest BCUT2D eigenvalue weighted by Crippen LogP contribution is -2.46. The molecule has 0 saturated heterocycles. The van der Waals surface area contributed by atoms with Crippen LogP contribution in [0.1, 0.15) is 20.3 Å². The Morgan fingerprint density at radius 3 is 2.31 bits per heavy atom. The Kier molecular flexibility index (Phi) is 5.89. The fraction of sp³-hybridized carbons (Fsp3) is 0.667. The lowest BCUT2D eigenvalue weighted by atomic mass is 9.99. The number of carboxylic acids is 1. The highest BCUT2D eigenvalue weighted by molar-refractivity contribution is 7.52. The van der Waals surface area contributed by atoms with Gasteiger partial charge in [0.1, 0.15) is 11.8 Å². The highest BCUT2D eigenvalue weighted by Gasteiger charge is 2.32. The monoisotopic (exact) mass is 251 g/mol. The number of rotatable bonds is 7. The molecule has 0 bridgehead atoms. The van der Waals surface area contributed by atoms with Crippen molar-refractivity contribution in [3.05, 3.63) is 12.7 Å². The van der Waals surface area contributed by atoms with Crippen LogP contribution in [0.15, 0.2) is 12.7 Å². The summed E-state index contributed by atoms with van der Waals surface area (Å²) in [6.07, 6.45) is 1.62. The van der Waals surface area contributed by atoms with Crippen LogP contribution < -0.4 is 5.32 Å². The van der Waals surface area contributed by atoms with Gasteiger partial charge < -0.3 is 14.9 Å². The number of aliphatic carboxylic acids is 1. The van der Waals surface area contributed by atoms with Gasteiger partial charge in [-0.3, -0.25) is 14.7 Å². The average molecular weight is 251 g/mol. The summed E-state index contributed by atoms with van der Waals surface area (Å²) in [6.45, 7) is 6.79. The molecule has 0 aromatic rings. The molecule has 3 unspecified atom stereocenters. The average Bonchev–Trinajstić information content (AvgIpc) is 2.15. The molecular formula is C9H18NO5P. The van der Waals surface area contributed by atoms with Gasteiger partial charge in [0.25, 0.3) is 0 Å². The van der Waals surface area contributed by atoms with E-state index in [0.717, 1.165) is 6.08 Å². The number of hydrogen-bond acceptors (Lipinski definition) is 3. The van der Waals surface area contributed by atoms with E-state index in [1.807, 2.05) is 6.92 Å². The summed E-state index contributed by atoms with van der Waals surface area (Å²) in [5.41, 5.74) is 0. The van der Waals surface area contributed by atoms with Crippen molar-refractivity contribution in [2.75, 3.05) is 0 Å². The Bertz CT molecular complexity index is 300. The second-order valence-corrected chi connectivity index (χ2v) is 5.37. The van der Waals surface area contributed by atoms with E-state index in [2.05, 4.69) is 11.9 Å². The van der Waals surface area contributed by atoms with Gasteiger partial charge in [-0.15, -0.1) is 6.58 Å². The summed E-state index contributed by atoms with van der Waals surface area (Å²) in [4.78, 5) is 28.8. The molecule has 0 aliphatic rings. The lowest BCUT2D eigenvalue weighted by molar-refractivity contribution is -0.140. The van der Waals surface area contributed by atoms with Gasteiger partial charge >= 0.3 is 13.6 Å². The van der Waals surface area contributed by atoms with Gasteiger partial charge in [0.2, 0.25) is 0 Å². The molecule has 0 amide bonds. The third kappa shape index (κ3) is 4.45. The van der Waals surface area contributed by atoms with E-state index in [4.69, 9.17) is 14.9 Å². The Hall–Kier alpha value is -0.680. The van der Waals surface area contributed by atoms with E-state index < -0.39 is 25.4 Å². The van der Waals surface area contributed by atoms with Crippen molar-refractivity contribution in [2.24, 2.45) is 5.92 Å². The van der Waals surface area contributed by atoms with Crippen molar-refractivity contribution in [3.8, 4) is 0 Å². The van der Waals surface area contributed by atoms with Crippen LogP contribution in [0.2, 0.25) is 0 Å². The van der Waals surface area contributed by atoms with E-state index in [-0.39, 0.29) is 5.92 Å². The summed E-state index contributed by atoms with van der Waals surface area (Å²) in [7, 11) is -4.41. The van der Waals surface area contributed by atoms with Crippen molar-refractivity contribution in [1.29, 1.82) is 0 Å². The fourth-order valence-corrected chi connectivity index (χ4v) is 1.83. The zero-order valence-corrected chi connectivity index (χ0v) is 10.2. The van der Waals surface area contributed by atoms with Crippen LogP contribution in [-0.2, 0) is 9.36 Å². The maximum atomic E-state index is 11.0. The van der Waals surface area contributed by atoms with Gasteiger partial charge in [-0.05, 0) is 5.92 Å². The third-order valence-electron chi connectivity index (χ3n) is 2.41. The molecule has 94 valence electrons. The fourth-order valence-electron chi connectivity index (χ4n) is 1.20. The summed E-state index contributed by atoms with van der Waals surface area (Å²) in [5, 5.41) is 11.3. The van der Waals surface area contributed by atoms with Crippen LogP contribution in [0.3, 0.4) is 0 Å². The summed E-state index contributed by atoms with van der Waals surface area (Å²) >= 11 is 0. The minimum absolute atomic E-state index is 0.230. The third-order valence-corrected chi connectivity index (χ3v) is 3.50. The molecule has 3 atom stereocenters. The molecule has 0 heterocycles. The van der Waals surface area contributed by atoms with E-state index in [1.54, 1.807) is 6.92 Å². The van der Waals surface area contributed by atoms with Crippen molar-refractivity contribution < 1.29 is 24.3 Å². The second-order valence-electron chi connectivity index (χ2n) is 3.64. The first-order chi connectivity index (χ1) is 7.23. The van der Waals surface area contributed by atoms with Crippen molar-refractivity contribution in [2.45, 2.75) is 32.1 Å². The van der Waals surface area contributed by atoms with Gasteiger partial charge in [-0.25, -0.2) is 0 Å². The molecule has 0 aliphatic heterocycles. The van der Waals surface area contributed by atoms with Crippen LogP contribution >= 0.6 is 7.60 Å². The summed E-state index contributed by atoms with van der Waals surface area (Å²) in [5.74, 6) is -2.69. The summed E-state index contributed by atoms with van der Waals surface area (Å²) < 4.78 is 11.0. The molecule has 7 heteroatoms.